The van der Waals surface area contributed by atoms with E-state index in [4.69, 9.17) is 8.83 Å². The first-order valence-corrected chi connectivity index (χ1v) is 15.3. The second-order valence-electron chi connectivity index (χ2n) is 11.3. The molecule has 0 radical (unpaired) electrons. The molecule has 0 aliphatic rings. The van der Waals surface area contributed by atoms with Gasteiger partial charge in [0.05, 0.1) is 16.8 Å². The highest BCUT2D eigenvalue weighted by Crippen LogP contribution is 2.50. The van der Waals surface area contributed by atoms with Crippen molar-refractivity contribution in [2.45, 2.75) is 0 Å². The number of benzene rings is 3. The molecule has 0 aliphatic heterocycles. The zero-order chi connectivity index (χ0) is 34.5. The molecule has 11 heteroatoms. The van der Waals surface area contributed by atoms with Crippen LogP contribution >= 0.6 is 0 Å². The summed E-state index contributed by atoms with van der Waals surface area (Å²) in [7, 11) is 0. The number of pyridine rings is 3. The van der Waals surface area contributed by atoms with E-state index >= 15 is 0 Å². The molecule has 8 aromatic rings. The standard InChI is InChI=1S/C39H23N3O8/c43-34-23-10-2-4-13-26(23)49-38(47)30(34)28-32(41-18-8-1-9-19-41)36(45)29(31-35(44)24-11-3-5-14-27(24)50-39(31)48)33(37(28)46)42-20-15-22(16-21-42)25-12-6-7-17-40-25/h1-21,40H,(H-,43,44,45,46,47,48). The van der Waals surface area contributed by atoms with Gasteiger partial charge in [-0.3, -0.25) is 4.98 Å². The van der Waals surface area contributed by atoms with Crippen molar-refractivity contribution in [2.75, 3.05) is 0 Å². The van der Waals surface area contributed by atoms with E-state index in [9.17, 15) is 30.0 Å². The maximum atomic E-state index is 14.1. The van der Waals surface area contributed by atoms with Crippen LogP contribution in [0.25, 0.3) is 66.8 Å². The summed E-state index contributed by atoms with van der Waals surface area (Å²) < 4.78 is 13.8. The monoisotopic (exact) mass is 661 g/mol. The molecule has 3 aromatic carbocycles. The Bertz CT molecular complexity index is 2730. The number of phenolic OH excluding ortho intramolecular Hbond substituents is 2. The minimum Gasteiger partial charge on any atom is -0.871 e. The third kappa shape index (κ3) is 4.72. The van der Waals surface area contributed by atoms with Crippen LogP contribution in [0.1, 0.15) is 0 Å². The average Bonchev–Trinajstić information content (AvgIpc) is 3.14. The van der Waals surface area contributed by atoms with Crippen LogP contribution in [0.5, 0.6) is 23.0 Å². The maximum Gasteiger partial charge on any atom is 0.343 e. The maximum absolute atomic E-state index is 14.1. The van der Waals surface area contributed by atoms with Crippen LogP contribution in [0.15, 0.2) is 146 Å². The number of aromatic hydroxyl groups is 2. The second-order valence-corrected chi connectivity index (χ2v) is 11.3. The summed E-state index contributed by atoms with van der Waals surface area (Å²) in [5.74, 6) is -2.94. The van der Waals surface area contributed by atoms with E-state index in [0.717, 1.165) is 0 Å². The van der Waals surface area contributed by atoms with Gasteiger partial charge >= 0.3 is 11.3 Å². The Morgan fingerprint density at radius 3 is 1.52 bits per heavy atom. The molecule has 0 spiro atoms. The molecule has 5 aromatic heterocycles. The zero-order valence-electron chi connectivity index (χ0n) is 25.8. The third-order valence-corrected chi connectivity index (χ3v) is 8.45. The molecule has 2 N–H and O–H groups in total. The number of para-hydroxylation sites is 2. The Labute approximate surface area is 281 Å². The van der Waals surface area contributed by atoms with E-state index in [-0.39, 0.29) is 38.9 Å². The van der Waals surface area contributed by atoms with Gasteiger partial charge in [-0.2, -0.15) is 9.13 Å². The minimum absolute atomic E-state index is 0.0305. The van der Waals surface area contributed by atoms with Gasteiger partial charge < -0.3 is 29.3 Å². The van der Waals surface area contributed by atoms with Gasteiger partial charge in [0, 0.05) is 46.8 Å². The Balaban J connectivity index is 1.55. The Kier molecular flexibility index (Phi) is 7.08. The van der Waals surface area contributed by atoms with Crippen molar-refractivity contribution < 1.29 is 38.4 Å². The van der Waals surface area contributed by atoms with E-state index in [2.05, 4.69) is 4.98 Å². The molecule has 0 amide bonds. The fourth-order valence-electron chi connectivity index (χ4n) is 6.18. The van der Waals surface area contributed by atoms with E-state index in [0.29, 0.717) is 11.3 Å². The van der Waals surface area contributed by atoms with Gasteiger partial charge in [0.1, 0.15) is 22.3 Å². The topological polar surface area (TPSA) is 168 Å². The molecule has 0 bridgehead atoms. The van der Waals surface area contributed by atoms with E-state index in [1.807, 2.05) is 6.07 Å². The molecule has 5 heterocycles. The van der Waals surface area contributed by atoms with E-state index < -0.39 is 50.9 Å². The zero-order valence-corrected chi connectivity index (χ0v) is 25.8. The van der Waals surface area contributed by atoms with Crippen LogP contribution in [-0.2, 0) is 0 Å². The molecule has 0 saturated heterocycles. The van der Waals surface area contributed by atoms with Crippen molar-refractivity contribution in [1.82, 2.24) is 4.98 Å². The average molecular weight is 662 g/mol. The van der Waals surface area contributed by atoms with Gasteiger partial charge in [-0.1, -0.05) is 60.0 Å². The summed E-state index contributed by atoms with van der Waals surface area (Å²) in [4.78, 5) is 31.7. The van der Waals surface area contributed by atoms with Crippen molar-refractivity contribution >= 4 is 21.9 Å². The molecule has 0 unspecified atom stereocenters. The first kappa shape index (κ1) is 30.1. The van der Waals surface area contributed by atoms with Crippen molar-refractivity contribution in [1.29, 1.82) is 0 Å². The molecule has 8 rings (SSSR count). The van der Waals surface area contributed by atoms with Crippen molar-refractivity contribution in [3.63, 3.8) is 0 Å². The molecular formula is C39H23N3O8. The van der Waals surface area contributed by atoms with Gasteiger partial charge in [-0.15, -0.1) is 0 Å². The number of phenols is 2. The number of aromatic nitrogens is 3. The lowest BCUT2D eigenvalue weighted by Crippen LogP contribution is -2.35. The number of hydrogen-bond donors (Lipinski definition) is 2. The molecule has 11 nitrogen and oxygen atoms in total. The van der Waals surface area contributed by atoms with E-state index in [1.165, 1.54) is 58.2 Å². The quantitative estimate of drug-likeness (QED) is 0.154. The van der Waals surface area contributed by atoms with Crippen LogP contribution < -0.4 is 30.6 Å². The Morgan fingerprint density at radius 1 is 0.540 bits per heavy atom. The highest BCUT2D eigenvalue weighted by atomic mass is 16.4. The number of nitrogens with zero attached hydrogens (tertiary/aromatic N) is 3. The van der Waals surface area contributed by atoms with E-state index in [1.54, 1.807) is 72.9 Å². The molecule has 0 fully saturated rings. The predicted molar refractivity (Wildman–Crippen MR) is 178 cm³/mol. The first-order chi connectivity index (χ1) is 24.3. The lowest BCUT2D eigenvalue weighted by atomic mass is 9.92. The molecule has 0 aliphatic carbocycles. The van der Waals surface area contributed by atoms with Crippen LogP contribution in [-0.4, -0.2) is 15.2 Å². The predicted octanol–water partition coefficient (Wildman–Crippen LogP) is 4.41. The smallest absolute Gasteiger partial charge is 0.343 e. The highest BCUT2D eigenvalue weighted by Gasteiger charge is 2.39. The summed E-state index contributed by atoms with van der Waals surface area (Å²) in [6.07, 6.45) is 7.69. The Morgan fingerprint density at radius 2 is 1.02 bits per heavy atom. The Hall–Kier alpha value is -7.27. The highest BCUT2D eigenvalue weighted by molar-refractivity contribution is 6.00. The second kappa shape index (κ2) is 11.8. The lowest BCUT2D eigenvalue weighted by molar-refractivity contribution is -0.599. The minimum atomic E-state index is -1.08. The molecule has 0 saturated carbocycles. The summed E-state index contributed by atoms with van der Waals surface area (Å²) in [6.45, 7) is 0. The van der Waals surface area contributed by atoms with Gasteiger partial charge in [-0.25, -0.2) is 9.59 Å². The fourth-order valence-corrected chi connectivity index (χ4v) is 6.18. The molecule has 242 valence electrons. The van der Waals surface area contributed by atoms with Crippen molar-refractivity contribution in [2.24, 2.45) is 0 Å². The van der Waals surface area contributed by atoms with Gasteiger partial charge in [-0.05, 0) is 24.3 Å². The first-order valence-electron chi connectivity index (χ1n) is 15.3. The van der Waals surface area contributed by atoms with Crippen LogP contribution in [0.2, 0.25) is 0 Å². The molecular weight excluding hydrogens is 638 g/mol. The number of rotatable bonds is 5. The lowest BCUT2D eigenvalue weighted by Gasteiger charge is -2.21. The summed E-state index contributed by atoms with van der Waals surface area (Å²) in [6, 6.07) is 25.9. The summed E-state index contributed by atoms with van der Waals surface area (Å²) in [5, 5.41) is 53.0. The van der Waals surface area contributed by atoms with Crippen LogP contribution in [0.3, 0.4) is 0 Å². The van der Waals surface area contributed by atoms with Gasteiger partial charge in [0.2, 0.25) is 11.5 Å². The molecule has 50 heavy (non-hydrogen) atoms. The van der Waals surface area contributed by atoms with Gasteiger partial charge in [0.25, 0.3) is 11.4 Å². The van der Waals surface area contributed by atoms with Crippen molar-refractivity contribution in [3.8, 4) is 67.9 Å². The largest absolute Gasteiger partial charge is 0.871 e. The number of fused-ring (bicyclic) bond motifs is 2. The fraction of sp³-hybridized carbons (Fsp3) is 0. The normalized spacial score (nSPS) is 11.3. The number of hydrogen-bond acceptors (Lipinski definition) is 9. The van der Waals surface area contributed by atoms with Crippen LogP contribution in [0, 0.1) is 0 Å². The van der Waals surface area contributed by atoms with Gasteiger partial charge in [0.15, 0.2) is 24.8 Å². The SMILES string of the molecule is O=c1oc2ccccc2c([O-])c1-c1c(O)c(-[n+]2ccc(-c3ccccn3)cc2)c(-c2c([O-])c3ccccc3oc2=O)c(O)c1-[n+]1ccccc1. The molecule has 0 atom stereocenters. The summed E-state index contributed by atoms with van der Waals surface area (Å²) >= 11 is 0. The third-order valence-electron chi connectivity index (χ3n) is 8.45. The summed E-state index contributed by atoms with van der Waals surface area (Å²) in [5.41, 5.74) is -3.24. The van der Waals surface area contributed by atoms with Crippen molar-refractivity contribution in [3.05, 3.63) is 149 Å². The van der Waals surface area contributed by atoms with Crippen LogP contribution in [0.4, 0.5) is 0 Å².